The van der Waals surface area contributed by atoms with E-state index in [-0.39, 0.29) is 12.5 Å². The molecule has 2 rings (SSSR count). The van der Waals surface area contributed by atoms with Gasteiger partial charge in [-0.05, 0) is 56.2 Å². The maximum Gasteiger partial charge on any atom is 0.303 e. The molecule has 0 saturated carbocycles. The van der Waals surface area contributed by atoms with Gasteiger partial charge in [-0.1, -0.05) is 42.0 Å². The lowest BCUT2D eigenvalue weighted by atomic mass is 9.95. The molecular weight excluding hydrogens is 352 g/mol. The third-order valence-electron chi connectivity index (χ3n) is 4.33. The first-order chi connectivity index (χ1) is 12.6. The molecule has 5 heteroatoms. The summed E-state index contributed by atoms with van der Waals surface area (Å²) < 4.78 is 11.5. The fraction of sp³-hybridized carbons (Fsp3) is 0.476. The van der Waals surface area contributed by atoms with E-state index in [2.05, 4.69) is 18.2 Å². The predicted molar refractivity (Wildman–Crippen MR) is 104 cm³/mol. The van der Waals surface area contributed by atoms with E-state index in [1.54, 1.807) is 0 Å². The minimum absolute atomic E-state index is 0.175. The monoisotopic (exact) mass is 378 g/mol. The van der Waals surface area contributed by atoms with Crippen molar-refractivity contribution in [3.63, 3.8) is 0 Å². The Morgan fingerprint density at radius 3 is 2.92 bits per heavy atom. The molecule has 1 heterocycles. The van der Waals surface area contributed by atoms with Gasteiger partial charge < -0.3 is 14.6 Å². The summed E-state index contributed by atoms with van der Waals surface area (Å²) in [5.74, 6) is 0.572. The first kappa shape index (κ1) is 20.5. The summed E-state index contributed by atoms with van der Waals surface area (Å²) in [5.41, 5.74) is 0. The number of allylic oxidation sites excluding steroid dienone is 2. The number of rotatable bonds is 11. The molecule has 0 aliphatic carbocycles. The standard InChI is InChI=1S/C21H27ClO4/c22-18-9-7-10-19(16-18)25-14-6-5-11-20-17(13-15-26-20)8-3-1-2-4-12-21(23)24/h1-2,5,7,9-11,16-17,20H,3-4,6,8,12-15H2,(H,23,24)/b2-1-,11-5+/t17-,20?/m0/s1. The van der Waals surface area contributed by atoms with E-state index in [4.69, 9.17) is 26.2 Å². The zero-order valence-electron chi connectivity index (χ0n) is 15.0. The Morgan fingerprint density at radius 2 is 2.12 bits per heavy atom. The van der Waals surface area contributed by atoms with Crippen LogP contribution >= 0.6 is 11.6 Å². The van der Waals surface area contributed by atoms with Crippen LogP contribution in [0.4, 0.5) is 0 Å². The Labute approximate surface area is 160 Å². The van der Waals surface area contributed by atoms with Gasteiger partial charge >= 0.3 is 5.97 Å². The number of ether oxygens (including phenoxy) is 2. The second kappa shape index (κ2) is 11.8. The minimum atomic E-state index is -0.747. The number of aliphatic carboxylic acids is 1. The molecule has 26 heavy (non-hydrogen) atoms. The molecule has 0 bridgehead atoms. The molecule has 1 fully saturated rings. The van der Waals surface area contributed by atoms with Gasteiger partial charge in [0.1, 0.15) is 5.75 Å². The first-order valence-corrected chi connectivity index (χ1v) is 9.56. The quantitative estimate of drug-likeness (QED) is 0.421. The highest BCUT2D eigenvalue weighted by Gasteiger charge is 2.24. The number of carboxylic acids is 1. The van der Waals surface area contributed by atoms with Gasteiger partial charge in [-0.15, -0.1) is 0 Å². The minimum Gasteiger partial charge on any atom is -0.493 e. The van der Waals surface area contributed by atoms with Crippen molar-refractivity contribution in [3.05, 3.63) is 53.6 Å². The van der Waals surface area contributed by atoms with E-state index in [1.807, 2.05) is 30.3 Å². The highest BCUT2D eigenvalue weighted by atomic mass is 35.5. The van der Waals surface area contributed by atoms with Crippen molar-refractivity contribution in [1.82, 2.24) is 0 Å². The Bertz CT molecular complexity index is 612. The fourth-order valence-electron chi connectivity index (χ4n) is 2.96. The molecule has 2 atom stereocenters. The lowest BCUT2D eigenvalue weighted by molar-refractivity contribution is -0.136. The largest absolute Gasteiger partial charge is 0.493 e. The van der Waals surface area contributed by atoms with Gasteiger partial charge in [0.2, 0.25) is 0 Å². The number of carbonyl (C=O) groups is 1. The normalized spacial score (nSPS) is 20.2. The SMILES string of the molecule is O=C(O)CC/C=C\CC[C@H]1CCOC1/C=C/CCOc1cccc(Cl)c1. The summed E-state index contributed by atoms with van der Waals surface area (Å²) in [6, 6.07) is 7.41. The number of hydrogen-bond acceptors (Lipinski definition) is 3. The maximum atomic E-state index is 10.5. The molecule has 0 amide bonds. The Kier molecular flexibility index (Phi) is 9.29. The van der Waals surface area contributed by atoms with Gasteiger partial charge in [0.25, 0.3) is 0 Å². The number of hydrogen-bond donors (Lipinski definition) is 1. The van der Waals surface area contributed by atoms with E-state index in [1.165, 1.54) is 0 Å². The lowest BCUT2D eigenvalue weighted by Gasteiger charge is -2.14. The molecule has 0 spiro atoms. The van der Waals surface area contributed by atoms with Crippen LogP contribution < -0.4 is 4.74 Å². The smallest absolute Gasteiger partial charge is 0.303 e. The molecule has 4 nitrogen and oxygen atoms in total. The molecule has 1 aromatic carbocycles. The van der Waals surface area contributed by atoms with E-state index in [0.29, 0.717) is 24.0 Å². The predicted octanol–water partition coefficient (Wildman–Crippen LogP) is 5.27. The molecular formula is C21H27ClO4. The Morgan fingerprint density at radius 1 is 1.27 bits per heavy atom. The summed E-state index contributed by atoms with van der Waals surface area (Å²) in [6.45, 7) is 1.42. The lowest BCUT2D eigenvalue weighted by Crippen LogP contribution is -2.12. The van der Waals surface area contributed by atoms with Gasteiger partial charge in [-0.3, -0.25) is 4.79 Å². The van der Waals surface area contributed by atoms with E-state index < -0.39 is 5.97 Å². The molecule has 1 aliphatic rings. The van der Waals surface area contributed by atoms with Crippen LogP contribution in [0.2, 0.25) is 5.02 Å². The number of benzene rings is 1. The molecule has 1 saturated heterocycles. The average Bonchev–Trinajstić information content (AvgIpc) is 3.05. The molecule has 0 aromatic heterocycles. The van der Waals surface area contributed by atoms with Crippen molar-refractivity contribution in [2.75, 3.05) is 13.2 Å². The Hall–Kier alpha value is -1.78. The van der Waals surface area contributed by atoms with Crippen molar-refractivity contribution < 1.29 is 19.4 Å². The van der Waals surface area contributed by atoms with Crippen LogP contribution in [-0.2, 0) is 9.53 Å². The summed E-state index contributed by atoms with van der Waals surface area (Å²) >= 11 is 5.93. The molecule has 1 unspecified atom stereocenters. The van der Waals surface area contributed by atoms with Crippen molar-refractivity contribution in [1.29, 1.82) is 0 Å². The first-order valence-electron chi connectivity index (χ1n) is 9.18. The van der Waals surface area contributed by atoms with Gasteiger partial charge in [-0.25, -0.2) is 0 Å². The van der Waals surface area contributed by atoms with Crippen LogP contribution in [0.3, 0.4) is 0 Å². The summed E-state index contributed by atoms with van der Waals surface area (Å²) in [7, 11) is 0. The molecule has 1 aromatic rings. The topological polar surface area (TPSA) is 55.8 Å². The molecule has 1 N–H and O–H groups in total. The molecule has 142 valence electrons. The zero-order valence-corrected chi connectivity index (χ0v) is 15.7. The van der Waals surface area contributed by atoms with Crippen molar-refractivity contribution in [3.8, 4) is 5.75 Å². The van der Waals surface area contributed by atoms with Crippen molar-refractivity contribution in [2.45, 2.75) is 44.6 Å². The number of halogens is 1. The molecule has 1 aliphatic heterocycles. The van der Waals surface area contributed by atoms with E-state index in [0.717, 1.165) is 38.0 Å². The van der Waals surface area contributed by atoms with Crippen LogP contribution in [0, 0.1) is 5.92 Å². The van der Waals surface area contributed by atoms with Crippen LogP contribution in [0.15, 0.2) is 48.6 Å². The maximum absolute atomic E-state index is 10.5. The Balaban J connectivity index is 1.62. The summed E-state index contributed by atoms with van der Waals surface area (Å²) in [5, 5.41) is 9.28. The van der Waals surface area contributed by atoms with Crippen LogP contribution in [-0.4, -0.2) is 30.4 Å². The van der Waals surface area contributed by atoms with E-state index in [9.17, 15) is 4.79 Å². The fourth-order valence-corrected chi connectivity index (χ4v) is 3.14. The molecule has 0 radical (unpaired) electrons. The van der Waals surface area contributed by atoms with Gasteiger partial charge in [0, 0.05) is 18.1 Å². The van der Waals surface area contributed by atoms with Crippen LogP contribution in [0.1, 0.15) is 38.5 Å². The number of carboxylic acid groups (broad SMARTS) is 1. The third kappa shape index (κ3) is 8.07. The van der Waals surface area contributed by atoms with Crippen LogP contribution in [0.25, 0.3) is 0 Å². The van der Waals surface area contributed by atoms with Gasteiger partial charge in [0.05, 0.1) is 12.7 Å². The zero-order chi connectivity index (χ0) is 18.6. The van der Waals surface area contributed by atoms with Crippen molar-refractivity contribution >= 4 is 17.6 Å². The van der Waals surface area contributed by atoms with Gasteiger partial charge in [-0.2, -0.15) is 0 Å². The summed E-state index contributed by atoms with van der Waals surface area (Å²) in [4.78, 5) is 10.5. The highest BCUT2D eigenvalue weighted by Crippen LogP contribution is 2.26. The van der Waals surface area contributed by atoms with Crippen molar-refractivity contribution in [2.24, 2.45) is 5.92 Å². The van der Waals surface area contributed by atoms with Gasteiger partial charge in [0.15, 0.2) is 0 Å². The second-order valence-electron chi connectivity index (χ2n) is 6.39. The third-order valence-corrected chi connectivity index (χ3v) is 4.57. The second-order valence-corrected chi connectivity index (χ2v) is 6.82. The van der Waals surface area contributed by atoms with Crippen LogP contribution in [0.5, 0.6) is 5.75 Å². The highest BCUT2D eigenvalue weighted by molar-refractivity contribution is 6.30. The average molecular weight is 379 g/mol. The van der Waals surface area contributed by atoms with E-state index >= 15 is 0 Å². The summed E-state index contributed by atoms with van der Waals surface area (Å²) in [6.07, 6.45) is 13.2.